The van der Waals surface area contributed by atoms with Crippen LogP contribution in [0.5, 0.6) is 11.5 Å². The van der Waals surface area contributed by atoms with E-state index >= 15 is 0 Å². The van der Waals surface area contributed by atoms with Gasteiger partial charge >= 0.3 is 6.09 Å². The number of hydrogen-bond donors (Lipinski definition) is 0. The Kier molecular flexibility index (Phi) is 7.63. The molecule has 2 aromatic carbocycles. The smallest absolute Gasteiger partial charge is 0.409 e. The average Bonchev–Trinajstić information content (AvgIpc) is 3.18. The van der Waals surface area contributed by atoms with Gasteiger partial charge in [0.15, 0.2) is 11.5 Å². The van der Waals surface area contributed by atoms with Crippen molar-refractivity contribution < 1.29 is 23.8 Å². The van der Waals surface area contributed by atoms with Crippen molar-refractivity contribution >= 4 is 12.0 Å². The molecule has 1 atom stereocenters. The number of amides is 2. The van der Waals surface area contributed by atoms with E-state index in [1.165, 1.54) is 0 Å². The molecule has 0 aliphatic carbocycles. The first-order valence-electron chi connectivity index (χ1n) is 13.3. The molecule has 5 rings (SSSR count). The monoisotopic (exact) mass is 534 g/mol. The van der Waals surface area contributed by atoms with Crippen molar-refractivity contribution in [3.8, 4) is 17.2 Å². The number of piperidine rings is 1. The van der Waals surface area contributed by atoms with Gasteiger partial charge in [-0.3, -0.25) is 14.3 Å². The van der Waals surface area contributed by atoms with E-state index in [0.29, 0.717) is 49.6 Å². The summed E-state index contributed by atoms with van der Waals surface area (Å²) in [6.07, 6.45) is -0.0662. The number of nitrogens with zero attached hydrogens (tertiary/aromatic N) is 4. The Bertz CT molecular complexity index is 1390. The topological polar surface area (TPSA) is 95.2 Å². The number of hydrogen-bond acceptors (Lipinski definition) is 6. The summed E-state index contributed by atoms with van der Waals surface area (Å²) in [5.41, 5.74) is 1.89. The molecule has 39 heavy (non-hydrogen) atoms. The van der Waals surface area contributed by atoms with Gasteiger partial charge in [-0.1, -0.05) is 30.3 Å². The normalized spacial score (nSPS) is 17.1. The summed E-state index contributed by atoms with van der Waals surface area (Å²) in [5, 5.41) is 0. The van der Waals surface area contributed by atoms with Crippen molar-refractivity contribution in [2.45, 2.75) is 45.4 Å². The number of para-hydroxylation sites is 3. The van der Waals surface area contributed by atoms with Crippen molar-refractivity contribution in [2.24, 2.45) is 7.05 Å². The number of fused-ring (bicyclic) bond motifs is 1. The number of carbonyl (C=O) groups is 2. The van der Waals surface area contributed by atoms with Crippen LogP contribution in [0.25, 0.3) is 5.69 Å². The number of benzene rings is 2. The first-order chi connectivity index (χ1) is 18.9. The van der Waals surface area contributed by atoms with E-state index in [1.807, 2.05) is 61.1 Å². The molecule has 1 saturated heterocycles. The molecule has 3 aromatic rings. The third-order valence-electron chi connectivity index (χ3n) is 7.50. The largest absolute Gasteiger partial charge is 0.485 e. The molecule has 1 fully saturated rings. The van der Waals surface area contributed by atoms with Gasteiger partial charge in [0.05, 0.1) is 24.4 Å². The molecule has 3 heterocycles. The van der Waals surface area contributed by atoms with Crippen LogP contribution < -0.4 is 15.0 Å². The quantitative estimate of drug-likeness (QED) is 0.482. The average molecular weight is 535 g/mol. The van der Waals surface area contributed by atoms with E-state index in [0.717, 1.165) is 11.4 Å². The van der Waals surface area contributed by atoms with Gasteiger partial charge in [0.2, 0.25) is 6.10 Å². The Morgan fingerprint density at radius 3 is 2.38 bits per heavy atom. The molecule has 0 spiro atoms. The Hall–Kier alpha value is -4.21. The second kappa shape index (κ2) is 11.3. The minimum Gasteiger partial charge on any atom is -0.485 e. The SMILES string of the molecule is CCOC(=O)N1CCC(N(Cc2c(C)n(C)n(-c3ccccc3)c2=O)C(=O)C2COc3ccccc3O2)CC1. The van der Waals surface area contributed by atoms with E-state index in [1.54, 1.807) is 33.5 Å². The first-order valence-corrected chi connectivity index (χ1v) is 13.3. The van der Waals surface area contributed by atoms with Crippen LogP contribution in [0.2, 0.25) is 0 Å². The van der Waals surface area contributed by atoms with Gasteiger partial charge in [-0.25, -0.2) is 9.48 Å². The number of rotatable bonds is 6. The lowest BCUT2D eigenvalue weighted by molar-refractivity contribution is -0.145. The Morgan fingerprint density at radius 1 is 1.03 bits per heavy atom. The molecule has 0 N–H and O–H groups in total. The fourth-order valence-electron chi connectivity index (χ4n) is 5.26. The lowest BCUT2D eigenvalue weighted by Gasteiger charge is -2.39. The molecule has 2 aliphatic rings. The van der Waals surface area contributed by atoms with Crippen molar-refractivity contribution in [1.82, 2.24) is 19.2 Å². The molecular weight excluding hydrogens is 500 g/mol. The minimum absolute atomic E-state index is 0.0794. The lowest BCUT2D eigenvalue weighted by atomic mass is 10.0. The molecular formula is C29H34N4O6. The zero-order valence-electron chi connectivity index (χ0n) is 22.5. The first kappa shape index (κ1) is 26.4. The molecule has 0 saturated carbocycles. The Labute approximate surface area is 227 Å². The maximum atomic E-state index is 14.0. The highest BCUT2D eigenvalue weighted by atomic mass is 16.6. The van der Waals surface area contributed by atoms with Crippen LogP contribution in [0.4, 0.5) is 4.79 Å². The number of carbonyl (C=O) groups excluding carboxylic acids is 2. The summed E-state index contributed by atoms with van der Waals surface area (Å²) in [7, 11) is 1.84. The van der Waals surface area contributed by atoms with Gasteiger partial charge in [-0.05, 0) is 51.0 Å². The predicted octanol–water partition coefficient (Wildman–Crippen LogP) is 3.27. The van der Waals surface area contributed by atoms with Gasteiger partial charge < -0.3 is 24.0 Å². The summed E-state index contributed by atoms with van der Waals surface area (Å²) in [5.74, 6) is 0.870. The zero-order valence-corrected chi connectivity index (χ0v) is 22.5. The molecule has 206 valence electrons. The second-order valence-corrected chi connectivity index (χ2v) is 9.79. The molecule has 1 aromatic heterocycles. The maximum Gasteiger partial charge on any atom is 0.409 e. The third-order valence-corrected chi connectivity index (χ3v) is 7.50. The highest BCUT2D eigenvalue weighted by Crippen LogP contribution is 2.32. The van der Waals surface area contributed by atoms with Crippen LogP contribution in [-0.2, 0) is 23.1 Å². The van der Waals surface area contributed by atoms with Crippen LogP contribution >= 0.6 is 0 Å². The van der Waals surface area contributed by atoms with Gasteiger partial charge in [0.1, 0.15) is 6.61 Å². The summed E-state index contributed by atoms with van der Waals surface area (Å²) in [6, 6.07) is 16.5. The lowest BCUT2D eigenvalue weighted by Crippen LogP contribution is -2.54. The van der Waals surface area contributed by atoms with Crippen LogP contribution in [0.1, 0.15) is 31.0 Å². The van der Waals surface area contributed by atoms with E-state index in [-0.39, 0.29) is 36.8 Å². The van der Waals surface area contributed by atoms with Gasteiger partial charge in [0.25, 0.3) is 11.5 Å². The molecule has 2 amide bonds. The number of ether oxygens (including phenoxy) is 3. The van der Waals surface area contributed by atoms with Gasteiger partial charge in [0, 0.05) is 31.9 Å². The van der Waals surface area contributed by atoms with Crippen molar-refractivity contribution in [2.75, 3.05) is 26.3 Å². The number of aromatic nitrogens is 2. The van der Waals surface area contributed by atoms with Crippen LogP contribution in [0.3, 0.4) is 0 Å². The van der Waals surface area contributed by atoms with Crippen molar-refractivity contribution in [3.63, 3.8) is 0 Å². The van der Waals surface area contributed by atoms with E-state index in [9.17, 15) is 14.4 Å². The second-order valence-electron chi connectivity index (χ2n) is 9.79. The number of likely N-dealkylation sites (tertiary alicyclic amines) is 1. The molecule has 2 aliphatic heterocycles. The third kappa shape index (κ3) is 5.23. The highest BCUT2D eigenvalue weighted by molar-refractivity contribution is 5.82. The molecule has 0 radical (unpaired) electrons. The Balaban J connectivity index is 1.44. The van der Waals surface area contributed by atoms with Crippen molar-refractivity contribution in [1.29, 1.82) is 0 Å². The predicted molar refractivity (Wildman–Crippen MR) is 144 cm³/mol. The van der Waals surface area contributed by atoms with Crippen LogP contribution in [0.15, 0.2) is 59.4 Å². The van der Waals surface area contributed by atoms with Gasteiger partial charge in [-0.15, -0.1) is 0 Å². The summed E-state index contributed by atoms with van der Waals surface area (Å²) >= 11 is 0. The molecule has 0 bridgehead atoms. The summed E-state index contributed by atoms with van der Waals surface area (Å²) < 4.78 is 20.5. The molecule has 10 heteroatoms. The summed E-state index contributed by atoms with van der Waals surface area (Å²) in [6.45, 7) is 5.10. The van der Waals surface area contributed by atoms with Crippen LogP contribution in [0, 0.1) is 6.92 Å². The molecule has 1 unspecified atom stereocenters. The van der Waals surface area contributed by atoms with E-state index < -0.39 is 6.10 Å². The van der Waals surface area contributed by atoms with E-state index in [4.69, 9.17) is 14.2 Å². The fraction of sp³-hybridized carbons (Fsp3) is 0.414. The van der Waals surface area contributed by atoms with E-state index in [2.05, 4.69) is 0 Å². The minimum atomic E-state index is -0.844. The van der Waals surface area contributed by atoms with Crippen molar-refractivity contribution in [3.05, 3.63) is 76.2 Å². The highest BCUT2D eigenvalue weighted by Gasteiger charge is 2.37. The Morgan fingerprint density at radius 2 is 1.69 bits per heavy atom. The summed E-state index contributed by atoms with van der Waals surface area (Å²) in [4.78, 5) is 43.4. The van der Waals surface area contributed by atoms with Crippen LogP contribution in [-0.4, -0.2) is 69.6 Å². The standard InChI is InChI=1S/C29H34N4O6/c1-4-37-29(36)31-16-14-21(15-17-31)32(28(35)26-19-38-24-12-8-9-13-25(24)39-26)18-23-20(2)30(3)33(27(23)34)22-10-6-5-7-11-22/h5-13,21,26H,4,14-19H2,1-3H3. The van der Waals surface area contributed by atoms with Gasteiger partial charge in [-0.2, -0.15) is 0 Å². The maximum absolute atomic E-state index is 14.0. The fourth-order valence-corrected chi connectivity index (χ4v) is 5.26. The molecule has 10 nitrogen and oxygen atoms in total. The zero-order chi connectivity index (χ0) is 27.5.